The summed E-state index contributed by atoms with van der Waals surface area (Å²) in [6.45, 7) is 9.85. The molecule has 0 aromatic carbocycles. The van der Waals surface area contributed by atoms with Crippen molar-refractivity contribution in [3.63, 3.8) is 0 Å². The van der Waals surface area contributed by atoms with Crippen molar-refractivity contribution in [2.24, 2.45) is 5.92 Å². The van der Waals surface area contributed by atoms with Crippen LogP contribution in [0.25, 0.3) is 0 Å². The summed E-state index contributed by atoms with van der Waals surface area (Å²) < 4.78 is 0. The van der Waals surface area contributed by atoms with Gasteiger partial charge in [-0.25, -0.2) is 0 Å². The van der Waals surface area contributed by atoms with Crippen LogP contribution in [-0.4, -0.2) is 13.1 Å². The molecule has 0 amide bonds. The van der Waals surface area contributed by atoms with Crippen molar-refractivity contribution in [3.8, 4) is 0 Å². The maximum absolute atomic E-state index is 5.56. The van der Waals surface area contributed by atoms with Crippen molar-refractivity contribution in [2.75, 3.05) is 13.1 Å². The molecule has 0 aromatic heterocycles. The quantitative estimate of drug-likeness (QED) is 0.613. The van der Waals surface area contributed by atoms with Crippen LogP contribution in [0.2, 0.25) is 0 Å². The number of nitrogens with one attached hydrogen (secondary N) is 1. The lowest BCUT2D eigenvalue weighted by Crippen LogP contribution is -2.16. The first-order chi connectivity index (χ1) is 5.13. The zero-order valence-corrected chi connectivity index (χ0v) is 8.25. The molecular formula is C9H18ClN. The van der Waals surface area contributed by atoms with Gasteiger partial charge in [-0.2, -0.15) is 0 Å². The fourth-order valence-corrected chi connectivity index (χ4v) is 0.954. The van der Waals surface area contributed by atoms with E-state index in [0.717, 1.165) is 19.0 Å². The van der Waals surface area contributed by atoms with E-state index in [1.165, 1.54) is 12.8 Å². The highest BCUT2D eigenvalue weighted by Gasteiger charge is 1.93. The molecule has 0 aliphatic carbocycles. The fourth-order valence-electron chi connectivity index (χ4n) is 0.859. The van der Waals surface area contributed by atoms with E-state index >= 15 is 0 Å². The molecule has 0 bridgehead atoms. The summed E-state index contributed by atoms with van der Waals surface area (Å²) in [4.78, 5) is 0. The van der Waals surface area contributed by atoms with Crippen LogP contribution in [0.5, 0.6) is 0 Å². The fraction of sp³-hybridized carbons (Fsp3) is 0.778. The van der Waals surface area contributed by atoms with Crippen molar-refractivity contribution in [3.05, 3.63) is 11.6 Å². The van der Waals surface area contributed by atoms with Crippen LogP contribution in [0, 0.1) is 5.92 Å². The molecule has 0 aliphatic rings. The van der Waals surface area contributed by atoms with Gasteiger partial charge in [0, 0.05) is 11.6 Å². The molecule has 0 unspecified atom stereocenters. The predicted octanol–water partition coefficient (Wildman–Crippen LogP) is 2.76. The third-order valence-electron chi connectivity index (χ3n) is 1.45. The molecule has 66 valence electrons. The van der Waals surface area contributed by atoms with Gasteiger partial charge in [-0.3, -0.25) is 0 Å². The molecule has 11 heavy (non-hydrogen) atoms. The van der Waals surface area contributed by atoms with Gasteiger partial charge in [0.05, 0.1) is 0 Å². The Kier molecular flexibility index (Phi) is 6.68. The summed E-state index contributed by atoms with van der Waals surface area (Å²) in [5.74, 6) is 0.802. The van der Waals surface area contributed by atoms with E-state index in [0.29, 0.717) is 5.03 Å². The third kappa shape index (κ3) is 9.99. The largest absolute Gasteiger partial charge is 0.312 e. The molecule has 0 heterocycles. The highest BCUT2D eigenvalue weighted by Crippen LogP contribution is 2.01. The molecule has 0 fully saturated rings. The minimum absolute atomic E-state index is 0.689. The molecule has 0 saturated heterocycles. The van der Waals surface area contributed by atoms with E-state index in [1.807, 2.05) is 0 Å². The lowest BCUT2D eigenvalue weighted by Gasteiger charge is -2.04. The van der Waals surface area contributed by atoms with Crippen LogP contribution >= 0.6 is 11.6 Å². The van der Waals surface area contributed by atoms with E-state index in [9.17, 15) is 0 Å². The Labute approximate surface area is 74.8 Å². The van der Waals surface area contributed by atoms with Crippen LogP contribution in [0.1, 0.15) is 26.7 Å². The summed E-state index contributed by atoms with van der Waals surface area (Å²) in [5.41, 5.74) is 0. The van der Waals surface area contributed by atoms with Gasteiger partial charge in [-0.15, -0.1) is 0 Å². The van der Waals surface area contributed by atoms with Crippen LogP contribution in [0.4, 0.5) is 0 Å². The third-order valence-corrected chi connectivity index (χ3v) is 1.59. The Hall–Kier alpha value is -0.0100. The first-order valence-electron chi connectivity index (χ1n) is 4.17. The topological polar surface area (TPSA) is 12.0 Å². The molecule has 0 aliphatic heterocycles. The smallest absolute Gasteiger partial charge is 0.0307 e. The Balaban J connectivity index is 2.97. The maximum Gasteiger partial charge on any atom is 0.0307 e. The molecule has 2 heteroatoms. The monoisotopic (exact) mass is 175 g/mol. The second-order valence-corrected chi connectivity index (χ2v) is 3.76. The average Bonchev–Trinajstić information content (AvgIpc) is 1.85. The van der Waals surface area contributed by atoms with Crippen molar-refractivity contribution in [2.45, 2.75) is 26.7 Å². The van der Waals surface area contributed by atoms with Crippen molar-refractivity contribution < 1.29 is 0 Å². The van der Waals surface area contributed by atoms with Gasteiger partial charge in [0.2, 0.25) is 0 Å². The van der Waals surface area contributed by atoms with Crippen molar-refractivity contribution in [1.82, 2.24) is 5.32 Å². The maximum atomic E-state index is 5.56. The van der Waals surface area contributed by atoms with Gasteiger partial charge in [0.15, 0.2) is 0 Å². The zero-order valence-electron chi connectivity index (χ0n) is 7.49. The molecule has 0 rings (SSSR count). The Morgan fingerprint density at radius 3 is 2.64 bits per heavy atom. The second kappa shape index (κ2) is 6.68. The highest BCUT2D eigenvalue weighted by molar-refractivity contribution is 6.29. The van der Waals surface area contributed by atoms with Gasteiger partial charge < -0.3 is 5.32 Å². The number of rotatable bonds is 6. The Morgan fingerprint density at radius 1 is 1.55 bits per heavy atom. The van der Waals surface area contributed by atoms with Crippen LogP contribution in [0.15, 0.2) is 11.6 Å². The lowest BCUT2D eigenvalue weighted by atomic mass is 10.1. The molecular weight excluding hydrogens is 158 g/mol. The number of halogens is 1. The van der Waals surface area contributed by atoms with Crippen LogP contribution in [0.3, 0.4) is 0 Å². The van der Waals surface area contributed by atoms with E-state index in [2.05, 4.69) is 25.7 Å². The summed E-state index contributed by atoms with van der Waals surface area (Å²) in [7, 11) is 0. The first-order valence-corrected chi connectivity index (χ1v) is 4.54. The Bertz CT molecular complexity index is 110. The summed E-state index contributed by atoms with van der Waals surface area (Å²) in [6.07, 6.45) is 2.50. The summed E-state index contributed by atoms with van der Waals surface area (Å²) in [5, 5.41) is 3.90. The minimum Gasteiger partial charge on any atom is -0.312 e. The van der Waals surface area contributed by atoms with Crippen molar-refractivity contribution in [1.29, 1.82) is 0 Å². The SMILES string of the molecule is C=C(Cl)CNCCCC(C)C. The van der Waals surface area contributed by atoms with E-state index in [4.69, 9.17) is 11.6 Å². The summed E-state index contributed by atoms with van der Waals surface area (Å²) in [6, 6.07) is 0. The molecule has 0 atom stereocenters. The van der Waals surface area contributed by atoms with E-state index in [-0.39, 0.29) is 0 Å². The lowest BCUT2D eigenvalue weighted by molar-refractivity contribution is 0.536. The number of hydrogen-bond acceptors (Lipinski definition) is 1. The van der Waals surface area contributed by atoms with E-state index < -0.39 is 0 Å². The van der Waals surface area contributed by atoms with Crippen LogP contribution in [-0.2, 0) is 0 Å². The summed E-state index contributed by atoms with van der Waals surface area (Å²) >= 11 is 5.56. The van der Waals surface area contributed by atoms with Crippen molar-refractivity contribution >= 4 is 11.6 Å². The highest BCUT2D eigenvalue weighted by atomic mass is 35.5. The predicted molar refractivity (Wildman–Crippen MR) is 51.9 cm³/mol. The van der Waals surface area contributed by atoms with Gasteiger partial charge in [-0.05, 0) is 25.3 Å². The molecule has 1 nitrogen and oxygen atoms in total. The standard InChI is InChI=1S/C9H18ClN/c1-8(2)5-4-6-11-7-9(3)10/h8,11H,3-7H2,1-2H3. The minimum atomic E-state index is 0.689. The molecule has 0 aromatic rings. The number of hydrogen-bond donors (Lipinski definition) is 1. The van der Waals surface area contributed by atoms with Gasteiger partial charge in [0.1, 0.15) is 0 Å². The van der Waals surface area contributed by atoms with Gasteiger partial charge >= 0.3 is 0 Å². The molecule has 0 spiro atoms. The van der Waals surface area contributed by atoms with Crippen LogP contribution < -0.4 is 5.32 Å². The molecule has 1 N–H and O–H groups in total. The Morgan fingerprint density at radius 2 is 2.18 bits per heavy atom. The van der Waals surface area contributed by atoms with Gasteiger partial charge in [-0.1, -0.05) is 32.0 Å². The zero-order chi connectivity index (χ0) is 8.69. The molecule has 0 radical (unpaired) electrons. The normalized spacial score (nSPS) is 10.5. The average molecular weight is 176 g/mol. The first kappa shape index (κ1) is 11.0. The molecule has 0 saturated carbocycles. The second-order valence-electron chi connectivity index (χ2n) is 3.23. The van der Waals surface area contributed by atoms with E-state index in [1.54, 1.807) is 0 Å². The van der Waals surface area contributed by atoms with Gasteiger partial charge in [0.25, 0.3) is 0 Å².